The minimum absolute atomic E-state index is 0.329. The van der Waals surface area contributed by atoms with Crippen molar-refractivity contribution in [2.24, 2.45) is 0 Å². The van der Waals surface area contributed by atoms with Crippen molar-refractivity contribution in [3.05, 3.63) is 42.0 Å². The maximum absolute atomic E-state index is 6.44. The van der Waals surface area contributed by atoms with Crippen molar-refractivity contribution >= 4 is 23.4 Å². The number of hydrogen-bond acceptors (Lipinski definition) is 3. The highest BCUT2D eigenvalue weighted by Crippen LogP contribution is 2.37. The molecule has 4 rings (SSSR count). The molecular weight excluding hydrogens is 333 g/mol. The van der Waals surface area contributed by atoms with Gasteiger partial charge in [-0.15, -0.1) is 0 Å². The van der Waals surface area contributed by atoms with Crippen LogP contribution in [0.25, 0.3) is 10.8 Å². The molecule has 0 unspecified atom stereocenters. The Morgan fingerprint density at radius 1 is 0.926 bits per heavy atom. The van der Waals surface area contributed by atoms with Gasteiger partial charge in [-0.1, -0.05) is 55.7 Å². The zero-order valence-electron chi connectivity index (χ0n) is 17.2. The van der Waals surface area contributed by atoms with Crippen LogP contribution in [0.3, 0.4) is 0 Å². The van der Waals surface area contributed by atoms with Crippen molar-refractivity contribution < 1.29 is 9.31 Å². The fourth-order valence-electron chi connectivity index (χ4n) is 4.30. The van der Waals surface area contributed by atoms with E-state index < -0.39 is 0 Å². The lowest BCUT2D eigenvalue weighted by Gasteiger charge is -2.32. The van der Waals surface area contributed by atoms with Crippen LogP contribution in [0.15, 0.2) is 36.4 Å². The van der Waals surface area contributed by atoms with E-state index in [-0.39, 0.29) is 18.3 Å². The minimum atomic E-state index is -0.331. The third-order valence-corrected chi connectivity index (χ3v) is 6.74. The molecule has 0 amide bonds. The van der Waals surface area contributed by atoms with E-state index in [4.69, 9.17) is 9.31 Å². The summed E-state index contributed by atoms with van der Waals surface area (Å²) in [5.41, 5.74) is 1.82. The molecule has 0 atom stereocenters. The molecule has 2 fully saturated rings. The molecule has 0 bridgehead atoms. The monoisotopic (exact) mass is 365 g/mol. The Bertz CT molecular complexity index is 795. The van der Waals surface area contributed by atoms with Crippen molar-refractivity contribution in [2.45, 2.75) is 83.6 Å². The third-order valence-electron chi connectivity index (χ3n) is 6.74. The first-order valence-electron chi connectivity index (χ1n) is 10.5. The van der Waals surface area contributed by atoms with Crippen molar-refractivity contribution in [3.8, 4) is 0 Å². The summed E-state index contributed by atoms with van der Waals surface area (Å²) in [6.07, 6.45) is 6.66. The number of benzene rings is 2. The molecule has 0 radical (unpaired) electrons. The van der Waals surface area contributed by atoms with Gasteiger partial charge in [0.2, 0.25) is 0 Å². The molecule has 1 saturated carbocycles. The van der Waals surface area contributed by atoms with Crippen LogP contribution >= 0.6 is 0 Å². The molecule has 2 aromatic carbocycles. The summed E-state index contributed by atoms with van der Waals surface area (Å²) < 4.78 is 12.9. The van der Waals surface area contributed by atoms with Gasteiger partial charge in [0.05, 0.1) is 11.2 Å². The lowest BCUT2D eigenvalue weighted by atomic mass is 9.73. The maximum atomic E-state index is 6.44. The van der Waals surface area contributed by atoms with Crippen LogP contribution < -0.4 is 10.8 Å². The fourth-order valence-corrected chi connectivity index (χ4v) is 4.30. The van der Waals surface area contributed by atoms with Crippen LogP contribution in [-0.4, -0.2) is 24.4 Å². The highest BCUT2D eigenvalue weighted by molar-refractivity contribution is 6.65. The zero-order valence-corrected chi connectivity index (χ0v) is 17.2. The van der Waals surface area contributed by atoms with Gasteiger partial charge in [0.1, 0.15) is 0 Å². The Labute approximate surface area is 164 Å². The molecule has 1 saturated heterocycles. The highest BCUT2D eigenvalue weighted by Gasteiger charge is 2.52. The molecule has 144 valence electrons. The number of fused-ring (bicyclic) bond motifs is 1. The van der Waals surface area contributed by atoms with Crippen molar-refractivity contribution in [2.75, 3.05) is 0 Å². The van der Waals surface area contributed by atoms with Crippen LogP contribution in [0, 0.1) is 0 Å². The third kappa shape index (κ3) is 3.67. The quantitative estimate of drug-likeness (QED) is 0.806. The number of hydrogen-bond donors (Lipinski definition) is 1. The van der Waals surface area contributed by atoms with E-state index in [9.17, 15) is 0 Å². The summed E-state index contributed by atoms with van der Waals surface area (Å²) >= 11 is 0. The summed E-state index contributed by atoms with van der Waals surface area (Å²) in [5.74, 6) is 0. The van der Waals surface area contributed by atoms with Gasteiger partial charge in [0.15, 0.2) is 0 Å². The van der Waals surface area contributed by atoms with Crippen LogP contribution in [0.1, 0.15) is 65.4 Å². The Balaban J connectivity index is 1.68. The minimum Gasteiger partial charge on any atom is -0.399 e. The second kappa shape index (κ2) is 7.23. The van der Waals surface area contributed by atoms with Crippen LogP contribution in [-0.2, 0) is 15.9 Å². The first kappa shape index (κ1) is 19.0. The summed E-state index contributed by atoms with van der Waals surface area (Å²) in [5, 5.41) is 6.27. The van der Waals surface area contributed by atoms with Gasteiger partial charge < -0.3 is 14.6 Å². The Morgan fingerprint density at radius 3 is 2.30 bits per heavy atom. The zero-order chi connectivity index (χ0) is 19.1. The van der Waals surface area contributed by atoms with E-state index in [1.54, 1.807) is 0 Å². The van der Waals surface area contributed by atoms with Crippen LogP contribution in [0.2, 0.25) is 0 Å². The Morgan fingerprint density at radius 2 is 1.59 bits per heavy atom. The molecule has 1 heterocycles. The molecule has 3 nitrogen and oxygen atoms in total. The second-order valence-electron chi connectivity index (χ2n) is 9.16. The molecular formula is C23H32BNO2. The summed E-state index contributed by atoms with van der Waals surface area (Å²) in [6.45, 7) is 9.36. The SMILES string of the molecule is CC1(C)OB(c2c(CNC3CCCCC3)ccc3ccccc23)OC1(C)C. The fraction of sp³-hybridized carbons (Fsp3) is 0.565. The van der Waals surface area contributed by atoms with Crippen molar-refractivity contribution in [1.29, 1.82) is 0 Å². The van der Waals surface area contributed by atoms with Gasteiger partial charge in [-0.25, -0.2) is 0 Å². The number of rotatable bonds is 4. The molecule has 27 heavy (non-hydrogen) atoms. The van der Waals surface area contributed by atoms with Crippen molar-refractivity contribution in [1.82, 2.24) is 5.32 Å². The van der Waals surface area contributed by atoms with Crippen LogP contribution in [0.5, 0.6) is 0 Å². The summed E-state index contributed by atoms with van der Waals surface area (Å²) in [4.78, 5) is 0. The molecule has 2 aliphatic rings. The maximum Gasteiger partial charge on any atom is 0.495 e. The smallest absolute Gasteiger partial charge is 0.399 e. The molecule has 1 N–H and O–H groups in total. The molecule has 2 aromatic rings. The lowest BCUT2D eigenvalue weighted by Crippen LogP contribution is -2.41. The average Bonchev–Trinajstić information content (AvgIpc) is 2.87. The first-order valence-corrected chi connectivity index (χ1v) is 10.5. The normalized spacial score (nSPS) is 22.4. The Kier molecular flexibility index (Phi) is 5.09. The molecule has 0 aromatic heterocycles. The lowest BCUT2D eigenvalue weighted by molar-refractivity contribution is 0.00578. The van der Waals surface area contributed by atoms with E-state index in [1.165, 1.54) is 53.9 Å². The second-order valence-corrected chi connectivity index (χ2v) is 9.16. The van der Waals surface area contributed by atoms with E-state index >= 15 is 0 Å². The molecule has 0 spiro atoms. The molecule has 4 heteroatoms. The van der Waals surface area contributed by atoms with E-state index in [2.05, 4.69) is 69.4 Å². The van der Waals surface area contributed by atoms with E-state index in [0.717, 1.165) is 6.54 Å². The molecule has 1 aliphatic heterocycles. The van der Waals surface area contributed by atoms with Crippen LogP contribution in [0.4, 0.5) is 0 Å². The summed E-state index contributed by atoms with van der Waals surface area (Å²) in [7, 11) is -0.329. The van der Waals surface area contributed by atoms with E-state index in [1.807, 2.05) is 0 Å². The first-order chi connectivity index (χ1) is 12.9. The van der Waals surface area contributed by atoms with Crippen molar-refractivity contribution in [3.63, 3.8) is 0 Å². The van der Waals surface area contributed by atoms with E-state index in [0.29, 0.717) is 6.04 Å². The van der Waals surface area contributed by atoms with Gasteiger partial charge in [0, 0.05) is 12.6 Å². The predicted molar refractivity (Wildman–Crippen MR) is 113 cm³/mol. The largest absolute Gasteiger partial charge is 0.495 e. The standard InChI is InChI=1S/C23H32BNO2/c1-22(2)23(3,4)27-24(26-22)21-18(16-25-19-11-6-5-7-12-19)15-14-17-10-8-9-13-20(17)21/h8-10,13-15,19,25H,5-7,11-12,16H2,1-4H3. The van der Waals surface area contributed by atoms with Gasteiger partial charge in [0.25, 0.3) is 0 Å². The summed E-state index contributed by atoms with van der Waals surface area (Å²) in [6, 6.07) is 13.7. The van der Waals surface area contributed by atoms with Gasteiger partial charge in [-0.05, 0) is 62.3 Å². The Hall–Kier alpha value is -1.36. The predicted octanol–water partition coefficient (Wildman–Crippen LogP) is 4.56. The topological polar surface area (TPSA) is 30.5 Å². The average molecular weight is 365 g/mol. The highest BCUT2D eigenvalue weighted by atomic mass is 16.7. The van der Waals surface area contributed by atoms with Gasteiger partial charge in [-0.2, -0.15) is 0 Å². The molecule has 1 aliphatic carbocycles. The van der Waals surface area contributed by atoms with Gasteiger partial charge in [-0.3, -0.25) is 0 Å². The number of nitrogens with one attached hydrogen (secondary N) is 1. The van der Waals surface area contributed by atoms with Gasteiger partial charge >= 0.3 is 7.12 Å².